The Morgan fingerprint density at radius 2 is 0.667 bits per heavy atom. The second kappa shape index (κ2) is 44.0. The molecule has 0 saturated carbocycles. The third kappa shape index (κ3) is 43.8. The third-order valence-electron chi connectivity index (χ3n) is 11.8. The summed E-state index contributed by atoms with van der Waals surface area (Å²) in [7, 11) is 0. The van der Waals surface area contributed by atoms with Crippen molar-refractivity contribution in [3.8, 4) is 0 Å². The largest absolute Gasteiger partial charge is 0.462 e. The highest BCUT2D eigenvalue weighted by Gasteiger charge is 2.19. The van der Waals surface area contributed by atoms with Gasteiger partial charge in [-0.3, -0.25) is 14.4 Å². The minimum atomic E-state index is -0.762. The molecule has 0 aliphatic heterocycles. The maximum atomic E-state index is 12.7. The number of carbonyl (C=O) groups is 3. The normalized spacial score (nSPS) is 12.5. The molecule has 0 bridgehead atoms. The zero-order valence-corrected chi connectivity index (χ0v) is 39.0. The van der Waals surface area contributed by atoms with E-state index in [1.165, 1.54) is 167 Å². The van der Waals surface area contributed by atoms with Gasteiger partial charge in [-0.1, -0.05) is 240 Å². The van der Waals surface area contributed by atoms with E-state index < -0.39 is 6.10 Å². The van der Waals surface area contributed by atoms with Gasteiger partial charge in [0.05, 0.1) is 0 Å². The number of hydrogen-bond donors (Lipinski definition) is 0. The first kappa shape index (κ1) is 55.4. The lowest BCUT2D eigenvalue weighted by Gasteiger charge is -2.18. The summed E-state index contributed by atoms with van der Waals surface area (Å²) in [5.41, 5.74) is 0. The van der Waals surface area contributed by atoms with Crippen LogP contribution in [0.2, 0.25) is 0 Å². The van der Waals surface area contributed by atoms with E-state index in [1.54, 1.807) is 0 Å². The fourth-order valence-electron chi connectivity index (χ4n) is 7.60. The second-order valence-corrected chi connectivity index (χ2v) is 18.2. The van der Waals surface area contributed by atoms with Crippen LogP contribution in [0.5, 0.6) is 0 Å². The lowest BCUT2D eigenvalue weighted by molar-refractivity contribution is -0.167. The predicted octanol–water partition coefficient (Wildman–Crippen LogP) is 16.1. The molecular weight excluding hydrogens is 709 g/mol. The van der Waals surface area contributed by atoms with E-state index in [0.29, 0.717) is 19.3 Å². The molecule has 0 spiro atoms. The van der Waals surface area contributed by atoms with E-state index in [9.17, 15) is 14.4 Å². The predicted molar refractivity (Wildman–Crippen MR) is 243 cm³/mol. The quantitative estimate of drug-likeness (QED) is 0.0346. The van der Waals surface area contributed by atoms with Crippen molar-refractivity contribution in [1.29, 1.82) is 0 Å². The summed E-state index contributed by atoms with van der Waals surface area (Å²) in [5.74, 6) is 0.765. The second-order valence-electron chi connectivity index (χ2n) is 18.2. The first-order chi connectivity index (χ1) is 27.8. The zero-order chi connectivity index (χ0) is 41.9. The van der Waals surface area contributed by atoms with Gasteiger partial charge in [0, 0.05) is 19.3 Å². The van der Waals surface area contributed by atoms with E-state index in [4.69, 9.17) is 14.2 Å². The Balaban J connectivity index is 4.28. The highest BCUT2D eigenvalue weighted by Crippen LogP contribution is 2.17. The van der Waals surface area contributed by atoms with Crippen LogP contribution in [0.15, 0.2) is 0 Å². The van der Waals surface area contributed by atoms with Gasteiger partial charge < -0.3 is 14.2 Å². The lowest BCUT2D eigenvalue weighted by Crippen LogP contribution is -2.30. The van der Waals surface area contributed by atoms with Crippen LogP contribution in [0, 0.1) is 11.8 Å². The third-order valence-corrected chi connectivity index (χ3v) is 11.8. The highest BCUT2D eigenvalue weighted by atomic mass is 16.6. The molecular formula is C51H98O6. The number of esters is 3. The van der Waals surface area contributed by atoms with Crippen molar-refractivity contribution in [2.45, 2.75) is 285 Å². The van der Waals surface area contributed by atoms with Crippen LogP contribution in [0.1, 0.15) is 279 Å². The maximum absolute atomic E-state index is 12.7. The van der Waals surface area contributed by atoms with Gasteiger partial charge in [0.1, 0.15) is 13.2 Å². The zero-order valence-electron chi connectivity index (χ0n) is 39.0. The Hall–Kier alpha value is -1.59. The lowest BCUT2D eigenvalue weighted by atomic mass is 10.00. The Morgan fingerprint density at radius 3 is 1.00 bits per heavy atom. The molecule has 0 heterocycles. The molecule has 1 unspecified atom stereocenters. The molecule has 0 aromatic heterocycles. The van der Waals surface area contributed by atoms with Crippen LogP contribution >= 0.6 is 0 Å². The Labute approximate surface area is 355 Å². The number of ether oxygens (including phenoxy) is 3. The summed E-state index contributed by atoms with van der Waals surface area (Å²) in [4.78, 5) is 37.8. The molecule has 6 heteroatoms. The Morgan fingerprint density at radius 1 is 0.368 bits per heavy atom. The van der Waals surface area contributed by atoms with E-state index in [-0.39, 0.29) is 31.1 Å². The van der Waals surface area contributed by atoms with Gasteiger partial charge in [0.2, 0.25) is 0 Å². The summed E-state index contributed by atoms with van der Waals surface area (Å²) < 4.78 is 16.8. The first-order valence-corrected chi connectivity index (χ1v) is 25.3. The highest BCUT2D eigenvalue weighted by molar-refractivity contribution is 5.71. The number of unbranched alkanes of at least 4 members (excludes halogenated alkanes) is 29. The molecule has 0 aliphatic carbocycles. The molecule has 0 aliphatic rings. The summed E-state index contributed by atoms with van der Waals surface area (Å²) in [6.07, 6.45) is 43.8. The smallest absolute Gasteiger partial charge is 0.306 e. The molecule has 0 N–H and O–H groups in total. The molecule has 338 valence electrons. The first-order valence-electron chi connectivity index (χ1n) is 25.3. The van der Waals surface area contributed by atoms with Gasteiger partial charge >= 0.3 is 17.9 Å². The topological polar surface area (TPSA) is 78.9 Å². The molecule has 0 aromatic carbocycles. The minimum absolute atomic E-state index is 0.0649. The summed E-state index contributed by atoms with van der Waals surface area (Å²) in [5, 5.41) is 0. The van der Waals surface area contributed by atoms with Crippen molar-refractivity contribution >= 4 is 17.9 Å². The van der Waals surface area contributed by atoms with Crippen molar-refractivity contribution in [2.75, 3.05) is 13.2 Å². The van der Waals surface area contributed by atoms with Gasteiger partial charge in [-0.25, -0.2) is 0 Å². The van der Waals surface area contributed by atoms with Crippen molar-refractivity contribution in [2.24, 2.45) is 11.8 Å². The van der Waals surface area contributed by atoms with Crippen molar-refractivity contribution in [3.63, 3.8) is 0 Å². The Kier molecular flexibility index (Phi) is 42.7. The molecule has 0 radical (unpaired) electrons. The van der Waals surface area contributed by atoms with Crippen LogP contribution in [0.4, 0.5) is 0 Å². The Bertz CT molecular complexity index is 872. The fraction of sp³-hybridized carbons (Fsp3) is 0.941. The van der Waals surface area contributed by atoms with Crippen LogP contribution in [-0.4, -0.2) is 37.2 Å². The standard InChI is InChI=1S/C51H98O6/c1-6-8-9-10-11-12-13-14-15-16-17-18-19-22-25-31-36-41-49(52)55-44-48(45-56-50(53)42-37-32-28-27-30-35-40-47(5)7-2)57-51(54)43-38-33-26-23-20-21-24-29-34-39-46(3)4/h46-48H,6-45H2,1-5H3/t47?,48-/m0/s1. The SMILES string of the molecule is CCCCCCCCCCCCCCCCCCCC(=O)OC[C@@H](COC(=O)CCCCCCCCC(C)CC)OC(=O)CCCCCCCCCCCC(C)C. The summed E-state index contributed by atoms with van der Waals surface area (Å²) >= 11 is 0. The van der Waals surface area contributed by atoms with Crippen LogP contribution in [-0.2, 0) is 28.6 Å². The molecule has 0 fully saturated rings. The van der Waals surface area contributed by atoms with Crippen molar-refractivity contribution in [3.05, 3.63) is 0 Å². The summed E-state index contributed by atoms with van der Waals surface area (Å²) in [6.45, 7) is 11.3. The van der Waals surface area contributed by atoms with E-state index in [0.717, 1.165) is 69.6 Å². The molecule has 2 atom stereocenters. The van der Waals surface area contributed by atoms with Gasteiger partial charge in [-0.05, 0) is 31.1 Å². The van der Waals surface area contributed by atoms with Gasteiger partial charge in [-0.15, -0.1) is 0 Å². The molecule has 0 aromatic rings. The average Bonchev–Trinajstić information content (AvgIpc) is 3.19. The molecule has 0 saturated heterocycles. The van der Waals surface area contributed by atoms with E-state index >= 15 is 0 Å². The van der Waals surface area contributed by atoms with Gasteiger partial charge in [0.25, 0.3) is 0 Å². The van der Waals surface area contributed by atoms with Crippen LogP contribution in [0.25, 0.3) is 0 Å². The van der Waals surface area contributed by atoms with Gasteiger partial charge in [0.15, 0.2) is 6.10 Å². The van der Waals surface area contributed by atoms with Crippen molar-refractivity contribution in [1.82, 2.24) is 0 Å². The van der Waals surface area contributed by atoms with Crippen molar-refractivity contribution < 1.29 is 28.6 Å². The number of rotatable bonds is 45. The molecule has 57 heavy (non-hydrogen) atoms. The van der Waals surface area contributed by atoms with Crippen LogP contribution in [0.3, 0.4) is 0 Å². The molecule has 6 nitrogen and oxygen atoms in total. The monoisotopic (exact) mass is 807 g/mol. The average molecular weight is 807 g/mol. The van der Waals surface area contributed by atoms with E-state index in [1.807, 2.05) is 0 Å². The summed E-state index contributed by atoms with van der Waals surface area (Å²) in [6, 6.07) is 0. The minimum Gasteiger partial charge on any atom is -0.462 e. The molecule has 0 amide bonds. The molecule has 0 rings (SSSR count). The fourth-order valence-corrected chi connectivity index (χ4v) is 7.60. The number of hydrogen-bond acceptors (Lipinski definition) is 6. The maximum Gasteiger partial charge on any atom is 0.306 e. The van der Waals surface area contributed by atoms with Gasteiger partial charge in [-0.2, -0.15) is 0 Å². The number of carbonyl (C=O) groups excluding carboxylic acids is 3. The van der Waals surface area contributed by atoms with E-state index in [2.05, 4.69) is 34.6 Å². The van der Waals surface area contributed by atoms with Crippen LogP contribution < -0.4 is 0 Å².